The van der Waals surface area contributed by atoms with Crippen LogP contribution in [0, 0.1) is 0 Å². The van der Waals surface area contributed by atoms with Crippen LogP contribution in [0.1, 0.15) is 38.7 Å². The van der Waals surface area contributed by atoms with Crippen molar-refractivity contribution >= 4 is 15.9 Å². The van der Waals surface area contributed by atoms with Gasteiger partial charge in [-0.15, -0.1) is 0 Å². The van der Waals surface area contributed by atoms with Crippen LogP contribution in [0.4, 0.5) is 0 Å². The number of hydrogen-bond acceptors (Lipinski definition) is 4. The zero-order chi connectivity index (χ0) is 18.7. The highest BCUT2D eigenvalue weighted by Crippen LogP contribution is 2.28. The minimum absolute atomic E-state index is 0.0232. The number of benzene rings is 1. The summed E-state index contributed by atoms with van der Waals surface area (Å²) in [6, 6.07) is 7.28. The summed E-state index contributed by atoms with van der Waals surface area (Å²) in [6.07, 6.45) is 3.00. The Kier molecular flexibility index (Phi) is 5.99. The fraction of sp³-hybridized carbons (Fsp3) is 0.632. The summed E-state index contributed by atoms with van der Waals surface area (Å²) in [6.45, 7) is 5.69. The molecule has 26 heavy (non-hydrogen) atoms. The quantitative estimate of drug-likeness (QED) is 0.784. The number of carbonyl (C=O) groups is 1. The molecular formula is C19H28N2O4S. The summed E-state index contributed by atoms with van der Waals surface area (Å²) < 4.78 is 33.2. The topological polar surface area (TPSA) is 66.9 Å². The van der Waals surface area contributed by atoms with Crippen LogP contribution >= 0.6 is 0 Å². The van der Waals surface area contributed by atoms with Gasteiger partial charge in [-0.25, -0.2) is 8.42 Å². The third kappa shape index (κ3) is 3.80. The molecule has 0 saturated carbocycles. The number of rotatable bonds is 5. The second-order valence-corrected chi connectivity index (χ2v) is 8.94. The van der Waals surface area contributed by atoms with Crippen LogP contribution in [0.2, 0.25) is 0 Å². The smallest absolute Gasteiger partial charge is 0.243 e. The van der Waals surface area contributed by atoms with E-state index in [1.165, 1.54) is 0 Å². The third-order valence-electron chi connectivity index (χ3n) is 5.44. The summed E-state index contributed by atoms with van der Waals surface area (Å²) in [5.74, 6) is 0.0232. The molecular weight excluding hydrogens is 352 g/mol. The third-order valence-corrected chi connectivity index (χ3v) is 7.40. The highest BCUT2D eigenvalue weighted by molar-refractivity contribution is 7.89. The van der Waals surface area contributed by atoms with Crippen molar-refractivity contribution in [3.63, 3.8) is 0 Å². The maximum Gasteiger partial charge on any atom is 0.243 e. The molecule has 0 aromatic heterocycles. The number of carbonyl (C=O) groups excluding carboxylic acids is 1. The van der Waals surface area contributed by atoms with Crippen molar-refractivity contribution in [2.45, 2.75) is 56.5 Å². The van der Waals surface area contributed by atoms with Gasteiger partial charge in [0.05, 0.1) is 4.90 Å². The second kappa shape index (κ2) is 8.06. The molecule has 1 unspecified atom stereocenters. The number of amides is 1. The number of nitrogens with zero attached hydrogens (tertiary/aromatic N) is 2. The van der Waals surface area contributed by atoms with Crippen LogP contribution in [-0.4, -0.2) is 61.9 Å². The van der Waals surface area contributed by atoms with E-state index in [2.05, 4.69) is 0 Å². The van der Waals surface area contributed by atoms with Crippen molar-refractivity contribution in [3.8, 4) is 0 Å². The predicted molar refractivity (Wildman–Crippen MR) is 99.3 cm³/mol. The lowest BCUT2D eigenvalue weighted by Crippen LogP contribution is -2.49. The molecule has 1 aromatic carbocycles. The first-order chi connectivity index (χ1) is 12.4. The average Bonchev–Trinajstić information content (AvgIpc) is 3.13. The maximum absolute atomic E-state index is 13.1. The Labute approximate surface area is 156 Å². The second-order valence-electron chi connectivity index (χ2n) is 7.04. The van der Waals surface area contributed by atoms with E-state index in [0.29, 0.717) is 44.0 Å². The normalized spacial score (nSPS) is 22.5. The Morgan fingerprint density at radius 2 is 1.88 bits per heavy atom. The Morgan fingerprint density at radius 3 is 2.54 bits per heavy atom. The Bertz CT molecular complexity index is 744. The zero-order valence-electron chi connectivity index (χ0n) is 15.6. The van der Waals surface area contributed by atoms with E-state index in [9.17, 15) is 13.2 Å². The molecule has 0 radical (unpaired) electrons. The maximum atomic E-state index is 13.1. The summed E-state index contributed by atoms with van der Waals surface area (Å²) in [5.41, 5.74) is 0.837. The van der Waals surface area contributed by atoms with Crippen LogP contribution in [-0.2, 0) is 26.0 Å². The van der Waals surface area contributed by atoms with E-state index in [4.69, 9.17) is 4.74 Å². The van der Waals surface area contributed by atoms with Crippen LogP contribution in [0.25, 0.3) is 0 Å². The minimum atomic E-state index is -3.53. The molecule has 2 aliphatic rings. The lowest BCUT2D eigenvalue weighted by Gasteiger charge is -2.38. The van der Waals surface area contributed by atoms with Crippen molar-refractivity contribution in [1.82, 2.24) is 9.21 Å². The van der Waals surface area contributed by atoms with Crippen LogP contribution < -0.4 is 0 Å². The highest BCUT2D eigenvalue weighted by atomic mass is 32.2. The average molecular weight is 381 g/mol. The molecule has 144 valence electrons. The first kappa shape index (κ1) is 19.3. The number of aryl methyl sites for hydroxylation is 1. The number of hydrogen-bond donors (Lipinski definition) is 0. The predicted octanol–water partition coefficient (Wildman–Crippen LogP) is 2.04. The van der Waals surface area contributed by atoms with Gasteiger partial charge in [-0.05, 0) is 37.3 Å². The van der Waals surface area contributed by atoms with Crippen LogP contribution in [0.3, 0.4) is 0 Å². The van der Waals surface area contributed by atoms with Crippen molar-refractivity contribution < 1.29 is 17.9 Å². The molecule has 2 heterocycles. The van der Waals surface area contributed by atoms with Gasteiger partial charge in [-0.2, -0.15) is 4.31 Å². The highest BCUT2D eigenvalue weighted by Gasteiger charge is 2.39. The van der Waals surface area contributed by atoms with Crippen molar-refractivity contribution in [2.75, 3.05) is 26.3 Å². The molecule has 7 heteroatoms. The van der Waals surface area contributed by atoms with Crippen molar-refractivity contribution in [1.29, 1.82) is 0 Å². The largest absolute Gasteiger partial charge is 0.381 e. The summed E-state index contributed by atoms with van der Waals surface area (Å²) in [7, 11) is -3.53. The first-order valence-corrected chi connectivity index (χ1v) is 10.8. The molecule has 1 atom stereocenters. The molecule has 2 fully saturated rings. The Morgan fingerprint density at radius 1 is 1.19 bits per heavy atom. The van der Waals surface area contributed by atoms with Crippen molar-refractivity contribution in [3.05, 3.63) is 29.8 Å². The van der Waals surface area contributed by atoms with E-state index in [1.807, 2.05) is 24.0 Å². The lowest BCUT2D eigenvalue weighted by atomic mass is 10.0. The fourth-order valence-electron chi connectivity index (χ4n) is 4.12. The van der Waals surface area contributed by atoms with Gasteiger partial charge in [0.2, 0.25) is 15.9 Å². The summed E-state index contributed by atoms with van der Waals surface area (Å²) in [4.78, 5) is 14.6. The molecule has 6 nitrogen and oxygen atoms in total. The van der Waals surface area contributed by atoms with Gasteiger partial charge in [0.15, 0.2) is 0 Å². The Balaban J connectivity index is 1.79. The monoisotopic (exact) mass is 380 g/mol. The van der Waals surface area contributed by atoms with E-state index < -0.39 is 10.0 Å². The first-order valence-electron chi connectivity index (χ1n) is 9.39. The van der Waals surface area contributed by atoms with E-state index in [1.54, 1.807) is 23.4 Å². The molecule has 1 aromatic rings. The zero-order valence-corrected chi connectivity index (χ0v) is 16.4. The molecule has 1 amide bonds. The fourth-order valence-corrected chi connectivity index (χ4v) is 5.90. The van der Waals surface area contributed by atoms with Gasteiger partial charge in [0.25, 0.3) is 0 Å². The molecule has 2 aliphatic heterocycles. The van der Waals surface area contributed by atoms with Crippen LogP contribution in [0.5, 0.6) is 0 Å². The molecule has 0 N–H and O–H groups in total. The van der Waals surface area contributed by atoms with Crippen molar-refractivity contribution in [2.24, 2.45) is 0 Å². The standard InChI is InChI=1S/C19H28N2O4S/c1-3-16-6-4-5-7-19(16)26(23,24)20-11-8-18(14-20)21(15(2)22)17-9-12-25-13-10-17/h4-7,17-18H,3,8-14H2,1-2H3. The van der Waals surface area contributed by atoms with E-state index in [-0.39, 0.29) is 18.0 Å². The van der Waals surface area contributed by atoms with Gasteiger partial charge < -0.3 is 9.64 Å². The van der Waals surface area contributed by atoms with E-state index in [0.717, 1.165) is 18.4 Å². The van der Waals surface area contributed by atoms with Gasteiger partial charge in [-0.1, -0.05) is 25.1 Å². The molecule has 3 rings (SSSR count). The van der Waals surface area contributed by atoms with Crippen LogP contribution in [0.15, 0.2) is 29.2 Å². The van der Waals surface area contributed by atoms with Gasteiger partial charge >= 0.3 is 0 Å². The molecule has 0 bridgehead atoms. The Hall–Kier alpha value is -1.44. The molecule has 0 aliphatic carbocycles. The SMILES string of the molecule is CCc1ccccc1S(=O)(=O)N1CCC(N(C(C)=O)C2CCOCC2)C1. The summed E-state index contributed by atoms with van der Waals surface area (Å²) in [5, 5.41) is 0. The lowest BCUT2D eigenvalue weighted by molar-refractivity contribution is -0.135. The number of sulfonamides is 1. The molecule has 2 saturated heterocycles. The van der Waals surface area contributed by atoms with Gasteiger partial charge in [0, 0.05) is 45.3 Å². The molecule has 0 spiro atoms. The summed E-state index contributed by atoms with van der Waals surface area (Å²) >= 11 is 0. The van der Waals surface area contributed by atoms with E-state index >= 15 is 0 Å². The minimum Gasteiger partial charge on any atom is -0.381 e. The van der Waals surface area contributed by atoms with Gasteiger partial charge in [0.1, 0.15) is 0 Å². The number of ether oxygens (including phenoxy) is 1. The van der Waals surface area contributed by atoms with Gasteiger partial charge in [-0.3, -0.25) is 4.79 Å².